The number of aromatic nitrogens is 1. The molecule has 0 saturated heterocycles. The molecule has 2 aromatic rings. The van der Waals surface area contributed by atoms with Crippen molar-refractivity contribution in [3.05, 3.63) is 53.2 Å². The average molecular weight is 332 g/mol. The Labute approximate surface area is 139 Å². The lowest BCUT2D eigenvalue weighted by molar-refractivity contribution is -0.115. The van der Waals surface area contributed by atoms with Gasteiger partial charge >= 0.3 is 0 Å². The predicted molar refractivity (Wildman–Crippen MR) is 90.8 cm³/mol. The molecule has 0 fully saturated rings. The molecule has 0 radical (unpaired) electrons. The van der Waals surface area contributed by atoms with Crippen molar-refractivity contribution in [2.75, 3.05) is 29.9 Å². The molecule has 1 aliphatic rings. The van der Waals surface area contributed by atoms with Crippen molar-refractivity contribution < 1.29 is 9.90 Å². The lowest BCUT2D eigenvalue weighted by Crippen LogP contribution is -2.41. The molecule has 0 bridgehead atoms. The minimum Gasteiger partial charge on any atom is -0.396 e. The Hall–Kier alpha value is -2.11. The highest BCUT2D eigenvalue weighted by Crippen LogP contribution is 2.29. The summed E-state index contributed by atoms with van der Waals surface area (Å²) in [7, 11) is 0. The van der Waals surface area contributed by atoms with Crippen LogP contribution in [-0.2, 0) is 11.2 Å². The SMILES string of the molecule is O=C(CN1CC(CO)Cc2ccccc21)Nc1ccc(Cl)cn1. The Morgan fingerprint density at radius 3 is 2.91 bits per heavy atom. The third-order valence-corrected chi connectivity index (χ3v) is 4.13. The third kappa shape index (κ3) is 3.81. The summed E-state index contributed by atoms with van der Waals surface area (Å²) in [4.78, 5) is 18.4. The summed E-state index contributed by atoms with van der Waals surface area (Å²) in [6, 6.07) is 11.3. The van der Waals surface area contributed by atoms with Crippen molar-refractivity contribution in [3.8, 4) is 0 Å². The fourth-order valence-corrected chi connectivity index (χ4v) is 2.97. The van der Waals surface area contributed by atoms with E-state index < -0.39 is 0 Å². The van der Waals surface area contributed by atoms with Gasteiger partial charge in [0.2, 0.25) is 5.91 Å². The van der Waals surface area contributed by atoms with E-state index >= 15 is 0 Å². The molecule has 0 aliphatic carbocycles. The van der Waals surface area contributed by atoms with Crippen LogP contribution in [0.4, 0.5) is 11.5 Å². The fraction of sp³-hybridized carbons (Fsp3) is 0.294. The summed E-state index contributed by atoms with van der Waals surface area (Å²) in [5, 5.41) is 12.8. The molecule has 1 amide bonds. The normalized spacial score (nSPS) is 16.8. The zero-order chi connectivity index (χ0) is 16.2. The molecule has 1 atom stereocenters. The monoisotopic (exact) mass is 331 g/mol. The summed E-state index contributed by atoms with van der Waals surface area (Å²) < 4.78 is 0. The second kappa shape index (κ2) is 6.98. The maximum Gasteiger partial charge on any atom is 0.245 e. The summed E-state index contributed by atoms with van der Waals surface area (Å²) in [5.41, 5.74) is 2.21. The number of anilines is 2. The number of hydrogen-bond donors (Lipinski definition) is 2. The number of rotatable bonds is 4. The number of carbonyl (C=O) groups excluding carboxylic acids is 1. The van der Waals surface area contributed by atoms with Gasteiger partial charge in [-0.2, -0.15) is 0 Å². The van der Waals surface area contributed by atoms with Gasteiger partial charge in [-0.15, -0.1) is 0 Å². The lowest BCUT2D eigenvalue weighted by Gasteiger charge is -2.35. The van der Waals surface area contributed by atoms with E-state index in [1.54, 1.807) is 12.1 Å². The Balaban J connectivity index is 1.71. The van der Waals surface area contributed by atoms with Crippen molar-refractivity contribution in [3.63, 3.8) is 0 Å². The van der Waals surface area contributed by atoms with E-state index in [0.29, 0.717) is 17.4 Å². The number of amides is 1. The Kier molecular flexibility index (Phi) is 4.79. The maximum atomic E-state index is 12.3. The number of aliphatic hydroxyl groups excluding tert-OH is 1. The van der Waals surface area contributed by atoms with E-state index in [-0.39, 0.29) is 25.0 Å². The minimum absolute atomic E-state index is 0.116. The summed E-state index contributed by atoms with van der Waals surface area (Å²) in [6.07, 6.45) is 2.33. The molecule has 1 aromatic heterocycles. The molecule has 1 aliphatic heterocycles. The zero-order valence-electron chi connectivity index (χ0n) is 12.6. The quantitative estimate of drug-likeness (QED) is 0.902. The van der Waals surface area contributed by atoms with Crippen LogP contribution < -0.4 is 10.2 Å². The zero-order valence-corrected chi connectivity index (χ0v) is 13.3. The van der Waals surface area contributed by atoms with Gasteiger partial charge in [-0.25, -0.2) is 4.98 Å². The molecule has 5 nitrogen and oxygen atoms in total. The van der Waals surface area contributed by atoms with Crippen molar-refractivity contribution in [2.45, 2.75) is 6.42 Å². The van der Waals surface area contributed by atoms with E-state index in [1.165, 1.54) is 6.20 Å². The first-order valence-electron chi connectivity index (χ1n) is 7.51. The molecule has 1 aromatic carbocycles. The van der Waals surface area contributed by atoms with Gasteiger partial charge in [-0.05, 0) is 30.2 Å². The van der Waals surface area contributed by atoms with Crippen LogP contribution in [0.2, 0.25) is 5.02 Å². The number of nitrogens with one attached hydrogen (secondary N) is 1. The van der Waals surface area contributed by atoms with Crippen molar-refractivity contribution in [1.82, 2.24) is 4.98 Å². The van der Waals surface area contributed by atoms with Gasteiger partial charge in [0, 0.05) is 31.0 Å². The molecule has 2 heterocycles. The number of halogens is 1. The van der Waals surface area contributed by atoms with Gasteiger partial charge in [0.25, 0.3) is 0 Å². The first kappa shape index (κ1) is 15.8. The van der Waals surface area contributed by atoms with Gasteiger partial charge < -0.3 is 15.3 Å². The van der Waals surface area contributed by atoms with Gasteiger partial charge in [-0.3, -0.25) is 4.79 Å². The van der Waals surface area contributed by atoms with Crippen LogP contribution in [0.25, 0.3) is 0 Å². The first-order chi connectivity index (χ1) is 11.2. The maximum absolute atomic E-state index is 12.3. The third-order valence-electron chi connectivity index (χ3n) is 3.91. The summed E-state index contributed by atoms with van der Waals surface area (Å²) >= 11 is 5.78. The molecule has 3 rings (SSSR count). The smallest absolute Gasteiger partial charge is 0.245 e. The van der Waals surface area contributed by atoms with E-state index in [4.69, 9.17) is 11.6 Å². The number of pyridine rings is 1. The molecule has 0 spiro atoms. The molecule has 1 unspecified atom stereocenters. The number of nitrogens with zero attached hydrogens (tertiary/aromatic N) is 2. The van der Waals surface area contributed by atoms with E-state index in [2.05, 4.69) is 10.3 Å². The Morgan fingerprint density at radius 1 is 1.35 bits per heavy atom. The van der Waals surface area contributed by atoms with Gasteiger partial charge in [-0.1, -0.05) is 29.8 Å². The van der Waals surface area contributed by atoms with Crippen molar-refractivity contribution in [2.24, 2.45) is 5.92 Å². The van der Waals surface area contributed by atoms with Gasteiger partial charge in [0.05, 0.1) is 11.6 Å². The van der Waals surface area contributed by atoms with Crippen LogP contribution in [0.1, 0.15) is 5.56 Å². The van der Waals surface area contributed by atoms with Crippen LogP contribution >= 0.6 is 11.6 Å². The molecule has 2 N–H and O–H groups in total. The van der Waals surface area contributed by atoms with E-state index in [0.717, 1.165) is 17.7 Å². The number of carbonyl (C=O) groups is 1. The second-order valence-corrected chi connectivity index (χ2v) is 6.11. The van der Waals surface area contributed by atoms with Crippen LogP contribution in [0.15, 0.2) is 42.6 Å². The number of hydrogen-bond acceptors (Lipinski definition) is 4. The number of fused-ring (bicyclic) bond motifs is 1. The van der Waals surface area contributed by atoms with Gasteiger partial charge in [0.1, 0.15) is 5.82 Å². The van der Waals surface area contributed by atoms with Crippen LogP contribution in [0, 0.1) is 5.92 Å². The lowest BCUT2D eigenvalue weighted by atomic mass is 9.93. The van der Waals surface area contributed by atoms with E-state index in [1.807, 2.05) is 29.2 Å². The molecule has 120 valence electrons. The van der Waals surface area contributed by atoms with Crippen LogP contribution in [0.3, 0.4) is 0 Å². The average Bonchev–Trinajstić information content (AvgIpc) is 2.56. The molecule has 23 heavy (non-hydrogen) atoms. The standard InChI is InChI=1S/C17H18ClN3O2/c18-14-5-6-16(19-8-14)20-17(23)10-21-9-12(11-22)7-13-3-1-2-4-15(13)21/h1-6,8,12,22H,7,9-11H2,(H,19,20,23). The van der Waals surface area contributed by atoms with E-state index in [9.17, 15) is 9.90 Å². The number of para-hydroxylation sites is 1. The fourth-order valence-electron chi connectivity index (χ4n) is 2.86. The largest absolute Gasteiger partial charge is 0.396 e. The Bertz CT molecular complexity index is 690. The van der Waals surface area contributed by atoms with Gasteiger partial charge in [0.15, 0.2) is 0 Å². The highest BCUT2D eigenvalue weighted by molar-refractivity contribution is 6.30. The van der Waals surface area contributed by atoms with Crippen LogP contribution in [-0.4, -0.2) is 35.7 Å². The Morgan fingerprint density at radius 2 is 2.17 bits per heavy atom. The molecular weight excluding hydrogens is 314 g/mol. The molecule has 0 saturated carbocycles. The van der Waals surface area contributed by atoms with Crippen LogP contribution in [0.5, 0.6) is 0 Å². The highest BCUT2D eigenvalue weighted by atomic mass is 35.5. The number of aliphatic hydroxyl groups is 1. The summed E-state index contributed by atoms with van der Waals surface area (Å²) in [5.74, 6) is 0.475. The molecule has 6 heteroatoms. The van der Waals surface area contributed by atoms with Crippen molar-refractivity contribution >= 4 is 29.0 Å². The second-order valence-electron chi connectivity index (χ2n) is 5.67. The first-order valence-corrected chi connectivity index (χ1v) is 7.88. The predicted octanol–water partition coefficient (Wildman–Crippen LogP) is 2.34. The number of benzene rings is 1. The topological polar surface area (TPSA) is 65.5 Å². The summed E-state index contributed by atoms with van der Waals surface area (Å²) in [6.45, 7) is 0.998. The van der Waals surface area contributed by atoms with Crippen molar-refractivity contribution in [1.29, 1.82) is 0 Å². The molecular formula is C17H18ClN3O2. The minimum atomic E-state index is -0.145. The highest BCUT2D eigenvalue weighted by Gasteiger charge is 2.25.